The highest BCUT2D eigenvalue weighted by Gasteiger charge is 2.33. The fourth-order valence-electron chi connectivity index (χ4n) is 5.77. The monoisotopic (exact) mass is 510 g/mol. The summed E-state index contributed by atoms with van der Waals surface area (Å²) in [5.41, 5.74) is 2.45. The van der Waals surface area contributed by atoms with Crippen LogP contribution < -0.4 is 10.2 Å². The Kier molecular flexibility index (Phi) is 6.87. The van der Waals surface area contributed by atoms with E-state index in [1.807, 2.05) is 37.4 Å². The van der Waals surface area contributed by atoms with Crippen LogP contribution in [0.4, 0.5) is 10.5 Å². The number of nitrogens with one attached hydrogen (secondary N) is 1. The van der Waals surface area contributed by atoms with Crippen molar-refractivity contribution in [3.8, 4) is 0 Å². The molecular formula is C27H38N6O4. The second kappa shape index (κ2) is 9.96. The van der Waals surface area contributed by atoms with Crippen LogP contribution in [0.2, 0.25) is 0 Å². The van der Waals surface area contributed by atoms with Gasteiger partial charge in [-0.15, -0.1) is 0 Å². The number of piperazine rings is 1. The van der Waals surface area contributed by atoms with E-state index >= 15 is 0 Å². The van der Waals surface area contributed by atoms with E-state index in [2.05, 4.69) is 38.4 Å². The number of aryl methyl sites for hydroxylation is 1. The second-order valence-corrected chi connectivity index (χ2v) is 11.4. The first-order chi connectivity index (χ1) is 17.6. The summed E-state index contributed by atoms with van der Waals surface area (Å²) in [5.74, 6) is -0.856. The molecule has 4 heterocycles. The fraction of sp³-hybridized carbons (Fsp3) is 0.630. The fourth-order valence-corrected chi connectivity index (χ4v) is 5.77. The maximum absolute atomic E-state index is 12.4. The number of nitrogens with zero attached hydrogens (tertiary/aromatic N) is 5. The first kappa shape index (κ1) is 25.5. The number of hydrogen-bond donors (Lipinski definition) is 1. The van der Waals surface area contributed by atoms with Crippen LogP contribution >= 0.6 is 0 Å². The van der Waals surface area contributed by atoms with Gasteiger partial charge < -0.3 is 14.5 Å². The Balaban J connectivity index is 1.19. The third-order valence-corrected chi connectivity index (χ3v) is 7.74. The number of imide groups is 1. The summed E-state index contributed by atoms with van der Waals surface area (Å²) >= 11 is 0. The van der Waals surface area contributed by atoms with Gasteiger partial charge in [-0.25, -0.2) is 4.79 Å². The van der Waals surface area contributed by atoms with Crippen molar-refractivity contribution in [2.24, 2.45) is 7.05 Å². The second-order valence-electron chi connectivity index (χ2n) is 11.4. The molecule has 3 aliphatic rings. The third-order valence-electron chi connectivity index (χ3n) is 7.74. The minimum absolute atomic E-state index is 0.211. The maximum atomic E-state index is 12.4. The summed E-state index contributed by atoms with van der Waals surface area (Å²) in [6.45, 7) is 10.8. The Morgan fingerprint density at radius 3 is 2.38 bits per heavy atom. The van der Waals surface area contributed by atoms with Crippen LogP contribution in [-0.4, -0.2) is 88.4 Å². The van der Waals surface area contributed by atoms with Crippen LogP contribution in [0.3, 0.4) is 0 Å². The Labute approximate surface area is 217 Å². The number of ether oxygens (including phenoxy) is 1. The van der Waals surface area contributed by atoms with E-state index in [-0.39, 0.29) is 17.9 Å². The number of aromatic nitrogens is 2. The average molecular weight is 511 g/mol. The van der Waals surface area contributed by atoms with Gasteiger partial charge in [0.2, 0.25) is 11.8 Å². The molecule has 10 nitrogen and oxygen atoms in total. The number of piperidine rings is 2. The highest BCUT2D eigenvalue weighted by Crippen LogP contribution is 2.33. The Morgan fingerprint density at radius 1 is 1.03 bits per heavy atom. The predicted molar refractivity (Wildman–Crippen MR) is 140 cm³/mol. The number of anilines is 1. The van der Waals surface area contributed by atoms with Gasteiger partial charge in [0.05, 0.1) is 17.1 Å². The normalized spacial score (nSPS) is 22.4. The molecule has 1 aromatic heterocycles. The number of rotatable bonds is 3. The average Bonchev–Trinajstić information content (AvgIpc) is 3.19. The van der Waals surface area contributed by atoms with E-state index in [1.54, 1.807) is 0 Å². The summed E-state index contributed by atoms with van der Waals surface area (Å²) in [4.78, 5) is 43.1. The minimum atomic E-state index is -0.466. The van der Waals surface area contributed by atoms with Gasteiger partial charge in [0, 0.05) is 69.9 Å². The van der Waals surface area contributed by atoms with Crippen LogP contribution in [-0.2, 0) is 21.4 Å². The number of hydrogen-bond acceptors (Lipinski definition) is 7. The maximum Gasteiger partial charge on any atom is 0.410 e. The molecule has 3 aliphatic heterocycles. The van der Waals surface area contributed by atoms with Gasteiger partial charge in [-0.05, 0) is 58.2 Å². The summed E-state index contributed by atoms with van der Waals surface area (Å²) in [5, 5.41) is 8.09. The number of fused-ring (bicyclic) bond motifs is 1. The molecule has 200 valence electrons. The molecule has 3 amide bonds. The zero-order valence-corrected chi connectivity index (χ0v) is 22.3. The lowest BCUT2D eigenvalue weighted by atomic mass is 9.92. The molecule has 37 heavy (non-hydrogen) atoms. The van der Waals surface area contributed by atoms with E-state index in [9.17, 15) is 14.4 Å². The van der Waals surface area contributed by atoms with Crippen LogP contribution in [0.1, 0.15) is 58.1 Å². The molecule has 10 heteroatoms. The number of carbonyl (C=O) groups excluding carboxylic acids is 3. The smallest absolute Gasteiger partial charge is 0.410 e. The Hall–Kier alpha value is -3.14. The molecule has 0 bridgehead atoms. The van der Waals surface area contributed by atoms with Crippen LogP contribution in [0.15, 0.2) is 18.2 Å². The SMILES string of the molecule is Cn1nc(C2CCC(=O)NC2=O)c2ccc(N3CCC(N4CCN(C(=O)OC(C)(C)C)CC4)CC3)cc21. The van der Waals surface area contributed by atoms with Gasteiger partial charge in [0.15, 0.2) is 0 Å². The van der Waals surface area contributed by atoms with E-state index in [4.69, 9.17) is 4.74 Å². The first-order valence-electron chi connectivity index (χ1n) is 13.4. The molecular weight excluding hydrogens is 472 g/mol. The van der Waals surface area contributed by atoms with E-state index < -0.39 is 11.5 Å². The van der Waals surface area contributed by atoms with Crippen molar-refractivity contribution in [2.75, 3.05) is 44.2 Å². The van der Waals surface area contributed by atoms with E-state index in [0.29, 0.717) is 32.0 Å². The van der Waals surface area contributed by atoms with E-state index in [1.165, 1.54) is 5.69 Å². The van der Waals surface area contributed by atoms with Crippen molar-refractivity contribution in [3.63, 3.8) is 0 Å². The van der Waals surface area contributed by atoms with Crippen molar-refractivity contribution in [2.45, 2.75) is 64.0 Å². The van der Waals surface area contributed by atoms with Crippen LogP contribution in [0.25, 0.3) is 10.9 Å². The highest BCUT2D eigenvalue weighted by atomic mass is 16.6. The van der Waals surface area contributed by atoms with Gasteiger partial charge >= 0.3 is 6.09 Å². The third kappa shape index (κ3) is 5.44. The van der Waals surface area contributed by atoms with Crippen molar-refractivity contribution in [3.05, 3.63) is 23.9 Å². The van der Waals surface area contributed by atoms with Gasteiger partial charge in [0.1, 0.15) is 5.60 Å². The van der Waals surface area contributed by atoms with Gasteiger partial charge in [0.25, 0.3) is 0 Å². The minimum Gasteiger partial charge on any atom is -0.444 e. The predicted octanol–water partition coefficient (Wildman–Crippen LogP) is 2.62. The van der Waals surface area contributed by atoms with E-state index in [0.717, 1.165) is 55.6 Å². The van der Waals surface area contributed by atoms with Gasteiger partial charge in [-0.2, -0.15) is 5.10 Å². The molecule has 1 aromatic carbocycles. The first-order valence-corrected chi connectivity index (χ1v) is 13.4. The molecule has 0 saturated carbocycles. The standard InChI is InChI=1S/C27H38N6O4/c1-27(2,3)37-26(36)33-15-13-32(14-16-33)18-9-11-31(12-10-18)19-5-6-20-22(17-19)30(4)29-24(20)21-7-8-23(34)28-25(21)35/h5-6,17-18,21H,7-16H2,1-4H3,(H,28,34,35). The molecule has 3 fully saturated rings. The van der Waals surface area contributed by atoms with Crippen LogP contribution in [0, 0.1) is 0 Å². The lowest BCUT2D eigenvalue weighted by Crippen LogP contribution is -2.55. The molecule has 0 spiro atoms. The molecule has 3 saturated heterocycles. The van der Waals surface area contributed by atoms with Crippen LogP contribution in [0.5, 0.6) is 0 Å². The highest BCUT2D eigenvalue weighted by molar-refractivity contribution is 6.02. The zero-order chi connectivity index (χ0) is 26.3. The van der Waals surface area contributed by atoms with Gasteiger partial charge in [-0.1, -0.05) is 0 Å². The van der Waals surface area contributed by atoms with Crippen molar-refractivity contribution in [1.82, 2.24) is 24.9 Å². The molecule has 2 aromatic rings. The Bertz CT molecular complexity index is 1190. The summed E-state index contributed by atoms with van der Waals surface area (Å²) in [6.07, 6.45) is 2.79. The van der Waals surface area contributed by atoms with Crippen molar-refractivity contribution >= 4 is 34.5 Å². The summed E-state index contributed by atoms with van der Waals surface area (Å²) in [6, 6.07) is 6.88. The summed E-state index contributed by atoms with van der Waals surface area (Å²) in [7, 11) is 1.91. The number of benzene rings is 1. The topological polar surface area (TPSA) is 100 Å². The molecule has 0 aliphatic carbocycles. The van der Waals surface area contributed by atoms with Crippen molar-refractivity contribution < 1.29 is 19.1 Å². The Morgan fingerprint density at radius 2 is 1.73 bits per heavy atom. The van der Waals surface area contributed by atoms with Gasteiger partial charge in [-0.3, -0.25) is 24.5 Å². The molecule has 1 unspecified atom stereocenters. The zero-order valence-electron chi connectivity index (χ0n) is 22.3. The molecule has 1 atom stereocenters. The molecule has 0 radical (unpaired) electrons. The molecule has 1 N–H and O–H groups in total. The van der Waals surface area contributed by atoms with Crippen molar-refractivity contribution in [1.29, 1.82) is 0 Å². The lowest BCUT2D eigenvalue weighted by molar-refractivity contribution is -0.134. The molecule has 5 rings (SSSR count). The number of carbonyl (C=O) groups is 3. The largest absolute Gasteiger partial charge is 0.444 e. The number of amides is 3. The summed E-state index contributed by atoms with van der Waals surface area (Å²) < 4.78 is 7.37. The quantitative estimate of drug-likeness (QED) is 0.634. The lowest BCUT2D eigenvalue weighted by Gasteiger charge is -2.43.